The number of fused-ring (bicyclic) bond motifs is 1. The molecule has 0 aromatic heterocycles. The number of methoxy groups -OCH3 is 1. The lowest BCUT2D eigenvalue weighted by Gasteiger charge is -2.38. The lowest BCUT2D eigenvalue weighted by Crippen LogP contribution is -2.41. The number of halogens is 1. The van der Waals surface area contributed by atoms with Crippen molar-refractivity contribution in [3.8, 4) is 11.5 Å². The monoisotopic (exact) mass is 390 g/mol. The zero-order valence-electron chi connectivity index (χ0n) is 15.1. The molecule has 27 heavy (non-hydrogen) atoms. The first-order chi connectivity index (χ1) is 12.7. The highest BCUT2D eigenvalue weighted by Crippen LogP contribution is 2.41. The quantitative estimate of drug-likeness (QED) is 0.621. The molecule has 1 aliphatic heterocycles. The summed E-state index contributed by atoms with van der Waals surface area (Å²) in [7, 11) is 1.57. The normalized spacial score (nSPS) is 17.4. The first-order valence-corrected chi connectivity index (χ1v) is 8.70. The summed E-state index contributed by atoms with van der Waals surface area (Å²) in [6.45, 7) is 3.88. The molecule has 1 aliphatic rings. The van der Waals surface area contributed by atoms with Gasteiger partial charge in [0, 0.05) is 30.2 Å². The van der Waals surface area contributed by atoms with Crippen LogP contribution in [-0.4, -0.2) is 23.5 Å². The molecule has 0 unspecified atom stereocenters. The van der Waals surface area contributed by atoms with Gasteiger partial charge in [-0.3, -0.25) is 14.9 Å². The molecular weight excluding hydrogens is 372 g/mol. The fourth-order valence-electron chi connectivity index (χ4n) is 3.13. The third-order valence-electron chi connectivity index (χ3n) is 4.39. The average molecular weight is 391 g/mol. The van der Waals surface area contributed by atoms with Crippen LogP contribution in [0.2, 0.25) is 5.02 Å². The number of hydrogen-bond donors (Lipinski definition) is 1. The number of nitro groups is 1. The van der Waals surface area contributed by atoms with Gasteiger partial charge < -0.3 is 14.8 Å². The molecule has 8 heteroatoms. The Kier molecular flexibility index (Phi) is 4.97. The van der Waals surface area contributed by atoms with Gasteiger partial charge in [0.2, 0.25) is 0 Å². The van der Waals surface area contributed by atoms with Gasteiger partial charge in [0.1, 0.15) is 17.1 Å². The van der Waals surface area contributed by atoms with Gasteiger partial charge in [-0.15, -0.1) is 0 Å². The van der Waals surface area contributed by atoms with Crippen LogP contribution >= 0.6 is 11.6 Å². The minimum Gasteiger partial charge on any atom is -0.497 e. The topological polar surface area (TPSA) is 90.7 Å². The summed E-state index contributed by atoms with van der Waals surface area (Å²) in [6.07, 6.45) is 0.558. The van der Waals surface area contributed by atoms with E-state index in [4.69, 9.17) is 21.1 Å². The summed E-state index contributed by atoms with van der Waals surface area (Å²) < 4.78 is 11.3. The number of amides is 1. The van der Waals surface area contributed by atoms with Crippen LogP contribution in [0.15, 0.2) is 36.4 Å². The van der Waals surface area contributed by atoms with Gasteiger partial charge in [-0.1, -0.05) is 11.6 Å². The van der Waals surface area contributed by atoms with Gasteiger partial charge in [0.15, 0.2) is 0 Å². The van der Waals surface area contributed by atoms with Gasteiger partial charge in [-0.2, -0.15) is 0 Å². The number of hydrogen-bond acceptors (Lipinski definition) is 5. The highest BCUT2D eigenvalue weighted by atomic mass is 35.5. The lowest BCUT2D eigenvalue weighted by atomic mass is 9.89. The van der Waals surface area contributed by atoms with Gasteiger partial charge in [-0.25, -0.2) is 0 Å². The van der Waals surface area contributed by atoms with E-state index in [9.17, 15) is 14.9 Å². The van der Waals surface area contributed by atoms with Crippen LogP contribution in [0.1, 0.15) is 42.2 Å². The molecule has 0 aliphatic carbocycles. The maximum absolute atomic E-state index is 12.7. The molecule has 0 saturated heterocycles. The molecule has 1 atom stereocenters. The predicted octanol–water partition coefficient (Wildman–Crippen LogP) is 4.29. The molecule has 2 aromatic rings. The fourth-order valence-corrected chi connectivity index (χ4v) is 3.39. The molecule has 1 heterocycles. The summed E-state index contributed by atoms with van der Waals surface area (Å²) in [5, 5.41) is 13.8. The Bertz CT molecular complexity index is 913. The van der Waals surface area contributed by atoms with Crippen molar-refractivity contribution in [2.75, 3.05) is 7.11 Å². The number of non-ortho nitro benzene ring substituents is 1. The van der Waals surface area contributed by atoms with Crippen LogP contribution in [0.25, 0.3) is 0 Å². The molecule has 0 spiro atoms. The number of benzene rings is 2. The van der Waals surface area contributed by atoms with Crippen LogP contribution < -0.4 is 14.8 Å². The third-order valence-corrected chi connectivity index (χ3v) is 4.70. The number of rotatable bonds is 4. The fraction of sp³-hybridized carbons (Fsp3) is 0.316. The van der Waals surface area contributed by atoms with Crippen molar-refractivity contribution < 1.29 is 19.2 Å². The summed E-state index contributed by atoms with van der Waals surface area (Å²) >= 11 is 6.08. The molecule has 1 N–H and O–H groups in total. The van der Waals surface area contributed by atoms with Crippen molar-refractivity contribution in [3.63, 3.8) is 0 Å². The SMILES string of the molecule is COc1ccc2c(c1)OC(C)(C)C[C@@H]2NC(=O)c1ccc([N+](=O)[O-])cc1Cl. The van der Waals surface area contributed by atoms with Crippen molar-refractivity contribution in [3.05, 3.63) is 62.7 Å². The van der Waals surface area contributed by atoms with E-state index in [1.807, 2.05) is 19.9 Å². The Morgan fingerprint density at radius 3 is 2.70 bits per heavy atom. The van der Waals surface area contributed by atoms with E-state index in [2.05, 4.69) is 5.32 Å². The summed E-state index contributed by atoms with van der Waals surface area (Å²) in [4.78, 5) is 23.0. The van der Waals surface area contributed by atoms with E-state index in [1.54, 1.807) is 19.2 Å². The zero-order valence-corrected chi connectivity index (χ0v) is 15.9. The Balaban J connectivity index is 1.89. The maximum atomic E-state index is 12.7. The second-order valence-electron chi connectivity index (χ2n) is 6.92. The highest BCUT2D eigenvalue weighted by molar-refractivity contribution is 6.34. The summed E-state index contributed by atoms with van der Waals surface area (Å²) in [6, 6.07) is 8.93. The summed E-state index contributed by atoms with van der Waals surface area (Å²) in [5.41, 5.74) is 0.362. The van der Waals surface area contributed by atoms with Crippen molar-refractivity contribution in [2.45, 2.75) is 31.9 Å². The van der Waals surface area contributed by atoms with E-state index in [0.29, 0.717) is 17.9 Å². The minimum atomic E-state index is -0.557. The number of nitrogens with one attached hydrogen (secondary N) is 1. The Labute approximate surface area is 161 Å². The molecule has 1 amide bonds. The standard InChI is InChI=1S/C19H19ClN2O5/c1-19(2)10-16(14-7-5-12(26-3)9-17(14)27-19)21-18(23)13-6-4-11(22(24)25)8-15(13)20/h4-9,16H,10H2,1-3H3,(H,21,23)/t16-/m0/s1. The first-order valence-electron chi connectivity index (χ1n) is 8.32. The van der Waals surface area contributed by atoms with Crippen molar-refractivity contribution >= 4 is 23.2 Å². The van der Waals surface area contributed by atoms with Crippen LogP contribution in [0.3, 0.4) is 0 Å². The first kappa shape index (κ1) is 19.0. The van der Waals surface area contributed by atoms with Crippen LogP contribution in [0.4, 0.5) is 5.69 Å². The molecular formula is C19H19ClN2O5. The van der Waals surface area contributed by atoms with Crippen LogP contribution in [-0.2, 0) is 0 Å². The van der Waals surface area contributed by atoms with Gasteiger partial charge in [0.25, 0.3) is 11.6 Å². The van der Waals surface area contributed by atoms with Gasteiger partial charge in [0.05, 0.1) is 28.7 Å². The number of nitro benzene ring substituents is 1. The van der Waals surface area contributed by atoms with Crippen molar-refractivity contribution in [2.24, 2.45) is 0 Å². The maximum Gasteiger partial charge on any atom is 0.270 e. The zero-order chi connectivity index (χ0) is 19.8. The highest BCUT2D eigenvalue weighted by Gasteiger charge is 2.35. The lowest BCUT2D eigenvalue weighted by molar-refractivity contribution is -0.384. The predicted molar refractivity (Wildman–Crippen MR) is 101 cm³/mol. The van der Waals surface area contributed by atoms with Gasteiger partial charge >= 0.3 is 0 Å². The third kappa shape index (κ3) is 3.98. The van der Waals surface area contributed by atoms with E-state index in [0.717, 1.165) is 5.56 Å². The second kappa shape index (κ2) is 7.08. The van der Waals surface area contributed by atoms with E-state index < -0.39 is 16.4 Å². The second-order valence-corrected chi connectivity index (χ2v) is 7.32. The van der Waals surface area contributed by atoms with Gasteiger partial charge in [-0.05, 0) is 32.0 Å². The van der Waals surface area contributed by atoms with E-state index >= 15 is 0 Å². The molecule has 3 rings (SSSR count). The van der Waals surface area contributed by atoms with Crippen molar-refractivity contribution in [1.82, 2.24) is 5.32 Å². The largest absolute Gasteiger partial charge is 0.497 e. The summed E-state index contributed by atoms with van der Waals surface area (Å²) in [5.74, 6) is 0.903. The van der Waals surface area contributed by atoms with Crippen LogP contribution in [0, 0.1) is 10.1 Å². The van der Waals surface area contributed by atoms with E-state index in [-0.39, 0.29) is 22.3 Å². The van der Waals surface area contributed by atoms with Crippen LogP contribution in [0.5, 0.6) is 11.5 Å². The molecule has 0 fully saturated rings. The number of ether oxygens (including phenoxy) is 2. The minimum absolute atomic E-state index is 0.0305. The Morgan fingerprint density at radius 2 is 2.07 bits per heavy atom. The molecule has 0 bridgehead atoms. The number of carbonyl (C=O) groups excluding carboxylic acids is 1. The molecule has 0 saturated carbocycles. The molecule has 142 valence electrons. The Hall–Kier alpha value is -2.80. The molecule has 7 nitrogen and oxygen atoms in total. The smallest absolute Gasteiger partial charge is 0.270 e. The number of carbonyl (C=O) groups is 1. The van der Waals surface area contributed by atoms with E-state index in [1.165, 1.54) is 18.2 Å². The average Bonchev–Trinajstić information content (AvgIpc) is 2.59. The van der Waals surface area contributed by atoms with Crippen molar-refractivity contribution in [1.29, 1.82) is 0 Å². The Morgan fingerprint density at radius 1 is 1.33 bits per heavy atom. The molecule has 0 radical (unpaired) electrons. The number of nitrogens with zero attached hydrogens (tertiary/aromatic N) is 1. The molecule has 2 aromatic carbocycles.